The summed E-state index contributed by atoms with van der Waals surface area (Å²) >= 11 is 0. The highest BCUT2D eigenvalue weighted by Crippen LogP contribution is 2.24. The molecule has 1 aliphatic heterocycles. The van der Waals surface area contributed by atoms with Gasteiger partial charge >= 0.3 is 0 Å². The Balaban J connectivity index is 1.18. The van der Waals surface area contributed by atoms with Crippen LogP contribution in [-0.4, -0.2) is 63.1 Å². The van der Waals surface area contributed by atoms with Crippen molar-refractivity contribution < 1.29 is 0 Å². The minimum absolute atomic E-state index is 0.810. The number of fused-ring (bicyclic) bond motifs is 1. The molecular weight excluding hydrogens is 418 g/mol. The summed E-state index contributed by atoms with van der Waals surface area (Å²) in [5.74, 6) is 1.10. The number of nitrogens with zero attached hydrogens (tertiary/aromatic N) is 5. The van der Waals surface area contributed by atoms with Crippen LogP contribution >= 0.6 is 0 Å². The molecule has 3 aromatic rings. The predicted molar refractivity (Wildman–Crippen MR) is 141 cm³/mol. The molecule has 2 aliphatic rings. The summed E-state index contributed by atoms with van der Waals surface area (Å²) in [5, 5.41) is 0. The average Bonchev–Trinajstić information content (AvgIpc) is 3.50. The number of aromatic nitrogens is 3. The summed E-state index contributed by atoms with van der Waals surface area (Å²) in [6, 6.07) is 11.9. The highest BCUT2D eigenvalue weighted by atomic mass is 15.3. The molecule has 0 N–H and O–H groups in total. The fourth-order valence-electron chi connectivity index (χ4n) is 5.72. The fourth-order valence-corrected chi connectivity index (χ4v) is 5.72. The lowest BCUT2D eigenvalue weighted by atomic mass is 10.1. The number of hydrogen-bond donors (Lipinski definition) is 0. The van der Waals surface area contributed by atoms with E-state index in [1.54, 1.807) is 0 Å². The molecule has 1 saturated carbocycles. The molecule has 0 radical (unpaired) electrons. The molecule has 1 saturated heterocycles. The molecule has 180 valence electrons. The molecule has 5 nitrogen and oxygen atoms in total. The molecule has 34 heavy (non-hydrogen) atoms. The maximum Gasteiger partial charge on any atom is 0.160 e. The molecule has 3 heterocycles. The molecule has 5 heteroatoms. The van der Waals surface area contributed by atoms with E-state index < -0.39 is 0 Å². The molecule has 1 aliphatic carbocycles. The van der Waals surface area contributed by atoms with Gasteiger partial charge in [0.05, 0.1) is 6.54 Å². The van der Waals surface area contributed by atoms with Crippen molar-refractivity contribution in [3.63, 3.8) is 0 Å². The van der Waals surface area contributed by atoms with E-state index in [1.165, 1.54) is 68.6 Å². The molecule has 2 fully saturated rings. The maximum atomic E-state index is 4.88. The normalized spacial score (nSPS) is 18.6. The van der Waals surface area contributed by atoms with Crippen molar-refractivity contribution in [3.8, 4) is 0 Å². The van der Waals surface area contributed by atoms with Crippen LogP contribution in [0.4, 0.5) is 0 Å². The number of pyridine rings is 1. The maximum absolute atomic E-state index is 4.88. The minimum Gasteiger partial charge on any atom is -0.308 e. The van der Waals surface area contributed by atoms with Gasteiger partial charge < -0.3 is 4.57 Å². The molecular formula is C29H39N5. The van der Waals surface area contributed by atoms with Gasteiger partial charge in [-0.2, -0.15) is 0 Å². The van der Waals surface area contributed by atoms with Gasteiger partial charge in [0.25, 0.3) is 0 Å². The first kappa shape index (κ1) is 23.3. The Morgan fingerprint density at radius 2 is 1.71 bits per heavy atom. The first-order chi connectivity index (χ1) is 16.6. The Labute approximate surface area is 204 Å². The zero-order chi connectivity index (χ0) is 23.5. The van der Waals surface area contributed by atoms with E-state index in [-0.39, 0.29) is 0 Å². The molecule has 5 rings (SSSR count). The van der Waals surface area contributed by atoms with Crippen LogP contribution in [0.2, 0.25) is 0 Å². The second kappa shape index (κ2) is 10.4. The average molecular weight is 458 g/mol. The van der Waals surface area contributed by atoms with E-state index in [1.807, 2.05) is 0 Å². The summed E-state index contributed by atoms with van der Waals surface area (Å²) in [6.45, 7) is 13.1. The molecule has 0 unspecified atom stereocenters. The van der Waals surface area contributed by atoms with Crippen LogP contribution in [0.1, 0.15) is 60.8 Å². The Hall–Kier alpha value is -2.50. The van der Waals surface area contributed by atoms with Gasteiger partial charge in [-0.1, -0.05) is 56.2 Å². The quantitative estimate of drug-likeness (QED) is 0.487. The van der Waals surface area contributed by atoms with Crippen LogP contribution in [0, 0.1) is 13.8 Å². The van der Waals surface area contributed by atoms with Crippen LogP contribution in [-0.2, 0) is 13.0 Å². The lowest BCUT2D eigenvalue weighted by Crippen LogP contribution is -2.49. The summed E-state index contributed by atoms with van der Waals surface area (Å²) in [4.78, 5) is 15.0. The monoisotopic (exact) mass is 457 g/mol. The second-order valence-corrected chi connectivity index (χ2v) is 10.1. The van der Waals surface area contributed by atoms with Gasteiger partial charge in [0, 0.05) is 50.9 Å². The summed E-state index contributed by atoms with van der Waals surface area (Å²) in [6.07, 6.45) is 11.2. The number of benzene rings is 1. The molecule has 1 aromatic carbocycles. The molecule has 0 atom stereocenters. The van der Waals surface area contributed by atoms with Gasteiger partial charge in [-0.25, -0.2) is 9.97 Å². The van der Waals surface area contributed by atoms with Gasteiger partial charge in [-0.3, -0.25) is 9.80 Å². The van der Waals surface area contributed by atoms with Crippen molar-refractivity contribution in [1.29, 1.82) is 0 Å². The van der Waals surface area contributed by atoms with Gasteiger partial charge in [0.1, 0.15) is 11.3 Å². The lowest BCUT2D eigenvalue weighted by molar-refractivity contribution is 0.105. The smallest absolute Gasteiger partial charge is 0.160 e. The largest absolute Gasteiger partial charge is 0.308 e. The van der Waals surface area contributed by atoms with Gasteiger partial charge in [0.15, 0.2) is 5.65 Å². The Morgan fingerprint density at radius 3 is 2.41 bits per heavy atom. The third kappa shape index (κ3) is 5.11. The topological polar surface area (TPSA) is 37.2 Å². The number of imidazole rings is 1. The SMILES string of the molecule is CCc1nc2c(C)cc(C)nc2n1Cc1ccc(C=CCN2CCN(C3CCCC3)CC2)cc1. The van der Waals surface area contributed by atoms with Crippen LogP contribution in [0.15, 0.2) is 36.4 Å². The van der Waals surface area contributed by atoms with E-state index >= 15 is 0 Å². The molecule has 2 aromatic heterocycles. The van der Waals surface area contributed by atoms with E-state index in [4.69, 9.17) is 9.97 Å². The van der Waals surface area contributed by atoms with Gasteiger partial charge in [-0.05, 0) is 49.4 Å². The van der Waals surface area contributed by atoms with Crippen LogP contribution in [0.3, 0.4) is 0 Å². The van der Waals surface area contributed by atoms with Crippen LogP contribution in [0.5, 0.6) is 0 Å². The van der Waals surface area contributed by atoms with Crippen molar-refractivity contribution in [3.05, 3.63) is 64.6 Å². The Kier molecular flexibility index (Phi) is 7.12. The highest BCUT2D eigenvalue weighted by Gasteiger charge is 2.25. The number of aryl methyl sites for hydroxylation is 3. The molecule has 0 spiro atoms. The third-order valence-electron chi connectivity index (χ3n) is 7.66. The standard InChI is InChI=1S/C29H39N5/c1-4-27-31-28-22(2)20-23(3)30-29(28)34(27)21-25-13-11-24(12-14-25)8-7-15-32-16-18-33(19-17-32)26-9-5-6-10-26/h7-8,11-14,20,26H,4-6,9-10,15-19,21H2,1-3H3. The Morgan fingerprint density at radius 1 is 0.971 bits per heavy atom. The van der Waals surface area contributed by atoms with E-state index in [9.17, 15) is 0 Å². The zero-order valence-electron chi connectivity index (χ0n) is 21.1. The van der Waals surface area contributed by atoms with Crippen LogP contribution < -0.4 is 0 Å². The fraction of sp³-hybridized carbons (Fsp3) is 0.517. The first-order valence-electron chi connectivity index (χ1n) is 13.2. The van der Waals surface area contributed by atoms with Crippen molar-refractivity contribution in [2.45, 2.75) is 65.5 Å². The third-order valence-corrected chi connectivity index (χ3v) is 7.66. The number of piperazine rings is 1. The number of rotatable bonds is 7. The van der Waals surface area contributed by atoms with Crippen molar-refractivity contribution >= 4 is 17.2 Å². The van der Waals surface area contributed by atoms with E-state index in [0.717, 1.165) is 48.2 Å². The van der Waals surface area contributed by atoms with Gasteiger partial charge in [0.2, 0.25) is 0 Å². The minimum atomic E-state index is 0.810. The van der Waals surface area contributed by atoms with Crippen molar-refractivity contribution in [2.24, 2.45) is 0 Å². The van der Waals surface area contributed by atoms with Crippen molar-refractivity contribution in [1.82, 2.24) is 24.3 Å². The van der Waals surface area contributed by atoms with E-state index in [0.29, 0.717) is 0 Å². The first-order valence-corrected chi connectivity index (χ1v) is 13.2. The molecule has 0 bridgehead atoms. The number of hydrogen-bond acceptors (Lipinski definition) is 4. The van der Waals surface area contributed by atoms with Gasteiger partial charge in [-0.15, -0.1) is 0 Å². The summed E-state index contributed by atoms with van der Waals surface area (Å²) < 4.78 is 2.28. The zero-order valence-corrected chi connectivity index (χ0v) is 21.1. The molecule has 0 amide bonds. The van der Waals surface area contributed by atoms with E-state index in [2.05, 4.69) is 77.6 Å². The van der Waals surface area contributed by atoms with Crippen molar-refractivity contribution in [2.75, 3.05) is 32.7 Å². The van der Waals surface area contributed by atoms with Crippen LogP contribution in [0.25, 0.3) is 17.2 Å². The lowest BCUT2D eigenvalue weighted by Gasteiger charge is -2.37. The highest BCUT2D eigenvalue weighted by molar-refractivity contribution is 5.76. The Bertz CT molecular complexity index is 1130. The second-order valence-electron chi connectivity index (χ2n) is 10.1. The predicted octanol–water partition coefficient (Wildman–Crippen LogP) is 5.23. The summed E-state index contributed by atoms with van der Waals surface area (Å²) in [5.41, 5.74) is 6.85. The summed E-state index contributed by atoms with van der Waals surface area (Å²) in [7, 11) is 0.